The lowest BCUT2D eigenvalue weighted by atomic mass is 10.1. The van der Waals surface area contributed by atoms with Gasteiger partial charge in [0.2, 0.25) is 0 Å². The second-order valence-corrected chi connectivity index (χ2v) is 5.82. The van der Waals surface area contributed by atoms with Crippen molar-refractivity contribution < 1.29 is 9.53 Å². The number of esters is 1. The number of hydrogen-bond donors (Lipinski definition) is 0. The molecule has 0 fully saturated rings. The third-order valence-electron chi connectivity index (χ3n) is 3.79. The van der Waals surface area contributed by atoms with Crippen LogP contribution in [-0.2, 0) is 16.1 Å². The summed E-state index contributed by atoms with van der Waals surface area (Å²) in [4.78, 5) is 28.4. The maximum Gasteiger partial charge on any atom is 0.331 e. The molecule has 0 saturated carbocycles. The van der Waals surface area contributed by atoms with Gasteiger partial charge in [-0.25, -0.2) is 9.78 Å². The number of nitrogens with zero attached hydrogens (tertiary/aromatic N) is 2. The van der Waals surface area contributed by atoms with Crippen LogP contribution >= 0.6 is 0 Å². The molecule has 0 radical (unpaired) electrons. The number of hydrogen-bond acceptors (Lipinski definition) is 4. The van der Waals surface area contributed by atoms with Crippen LogP contribution in [0, 0.1) is 13.8 Å². The van der Waals surface area contributed by atoms with Crippen molar-refractivity contribution in [2.75, 3.05) is 0 Å². The van der Waals surface area contributed by atoms with Crippen molar-refractivity contribution in [3.63, 3.8) is 0 Å². The highest BCUT2D eigenvalue weighted by Crippen LogP contribution is 2.07. The fourth-order valence-electron chi connectivity index (χ4n) is 2.42. The first-order chi connectivity index (χ1) is 12.0. The average molecular weight is 334 g/mol. The zero-order valence-electron chi connectivity index (χ0n) is 14.1. The topological polar surface area (TPSA) is 60.7 Å². The number of fused-ring (bicyclic) bond motifs is 1. The quantitative estimate of drug-likeness (QED) is 0.543. The lowest BCUT2D eigenvalue weighted by Gasteiger charge is -2.06. The molecule has 2 aromatic heterocycles. The van der Waals surface area contributed by atoms with E-state index in [2.05, 4.69) is 4.98 Å². The average Bonchev–Trinajstić information content (AvgIpc) is 2.60. The molecule has 25 heavy (non-hydrogen) atoms. The standard InChI is InChI=1S/C20H18N2O3/c1-14-5-7-16(8-6-14)9-10-19(24)25-13-17-12-18(23)22-11-3-4-15(2)20(22)21-17/h3-12H,13H2,1-2H3/b10-9+. The molecule has 0 amide bonds. The Morgan fingerprint density at radius 1 is 1.20 bits per heavy atom. The number of benzene rings is 1. The van der Waals surface area contributed by atoms with Crippen molar-refractivity contribution >= 4 is 17.7 Å². The highest BCUT2D eigenvalue weighted by atomic mass is 16.5. The molecule has 3 rings (SSSR count). The van der Waals surface area contributed by atoms with Gasteiger partial charge in [0.05, 0.1) is 5.69 Å². The van der Waals surface area contributed by atoms with Crippen LogP contribution in [0.4, 0.5) is 0 Å². The van der Waals surface area contributed by atoms with Crippen LogP contribution in [0.5, 0.6) is 0 Å². The number of ether oxygens (including phenoxy) is 1. The van der Waals surface area contributed by atoms with Crippen LogP contribution in [-0.4, -0.2) is 15.4 Å². The minimum Gasteiger partial charge on any atom is -0.456 e. The van der Waals surface area contributed by atoms with E-state index >= 15 is 0 Å². The van der Waals surface area contributed by atoms with Crippen molar-refractivity contribution in [1.29, 1.82) is 0 Å². The van der Waals surface area contributed by atoms with Crippen LogP contribution in [0.2, 0.25) is 0 Å². The molecule has 0 N–H and O–H groups in total. The van der Waals surface area contributed by atoms with E-state index in [4.69, 9.17) is 4.74 Å². The van der Waals surface area contributed by atoms with Crippen molar-refractivity contribution in [3.8, 4) is 0 Å². The number of aryl methyl sites for hydroxylation is 2. The van der Waals surface area contributed by atoms with Crippen LogP contribution in [0.1, 0.15) is 22.4 Å². The Hall–Kier alpha value is -3.21. The maximum atomic E-state index is 12.1. The molecule has 5 nitrogen and oxygen atoms in total. The van der Waals surface area contributed by atoms with Crippen LogP contribution < -0.4 is 5.56 Å². The Labute approximate surface area is 145 Å². The highest BCUT2D eigenvalue weighted by molar-refractivity contribution is 5.87. The molecule has 2 heterocycles. The first-order valence-corrected chi connectivity index (χ1v) is 7.92. The molecule has 0 atom stereocenters. The fourth-order valence-corrected chi connectivity index (χ4v) is 2.42. The lowest BCUT2D eigenvalue weighted by molar-refractivity contribution is -0.139. The predicted molar refractivity (Wildman–Crippen MR) is 96.2 cm³/mol. The normalized spacial score (nSPS) is 11.1. The van der Waals surface area contributed by atoms with E-state index < -0.39 is 5.97 Å². The van der Waals surface area contributed by atoms with E-state index in [0.29, 0.717) is 11.3 Å². The summed E-state index contributed by atoms with van der Waals surface area (Å²) in [5, 5.41) is 0. The number of rotatable bonds is 4. The summed E-state index contributed by atoms with van der Waals surface area (Å²) in [5.74, 6) is -0.479. The van der Waals surface area contributed by atoms with Crippen LogP contribution in [0.3, 0.4) is 0 Å². The van der Waals surface area contributed by atoms with Gasteiger partial charge < -0.3 is 4.74 Å². The van der Waals surface area contributed by atoms with Gasteiger partial charge in [-0.3, -0.25) is 9.20 Å². The van der Waals surface area contributed by atoms with E-state index in [-0.39, 0.29) is 12.2 Å². The molecule has 0 aliphatic rings. The maximum absolute atomic E-state index is 12.1. The van der Waals surface area contributed by atoms with Gasteiger partial charge in [-0.1, -0.05) is 35.9 Å². The van der Waals surface area contributed by atoms with Gasteiger partial charge in [0, 0.05) is 18.3 Å². The van der Waals surface area contributed by atoms with E-state index in [1.807, 2.05) is 44.2 Å². The molecule has 126 valence electrons. The van der Waals surface area contributed by atoms with E-state index in [0.717, 1.165) is 16.7 Å². The number of pyridine rings is 1. The number of aromatic nitrogens is 2. The van der Waals surface area contributed by atoms with E-state index in [1.165, 1.54) is 16.5 Å². The summed E-state index contributed by atoms with van der Waals surface area (Å²) < 4.78 is 6.65. The summed E-state index contributed by atoms with van der Waals surface area (Å²) in [6, 6.07) is 12.8. The Kier molecular flexibility index (Phi) is 4.75. The Bertz CT molecular complexity index is 1000. The van der Waals surface area contributed by atoms with Crippen molar-refractivity contribution in [2.45, 2.75) is 20.5 Å². The van der Waals surface area contributed by atoms with E-state index in [1.54, 1.807) is 18.3 Å². The predicted octanol–water partition coefficient (Wildman–Crippen LogP) is 3.07. The van der Waals surface area contributed by atoms with Gasteiger partial charge in [-0.05, 0) is 37.1 Å². The molecule has 0 aliphatic heterocycles. The molecular weight excluding hydrogens is 316 g/mol. The lowest BCUT2D eigenvalue weighted by Crippen LogP contribution is -2.17. The molecule has 0 saturated heterocycles. The number of carbonyl (C=O) groups is 1. The molecule has 5 heteroatoms. The zero-order chi connectivity index (χ0) is 17.8. The molecule has 0 spiro atoms. The van der Waals surface area contributed by atoms with Gasteiger partial charge in [0.25, 0.3) is 5.56 Å². The Morgan fingerprint density at radius 3 is 2.72 bits per heavy atom. The van der Waals surface area contributed by atoms with Gasteiger partial charge in [0.1, 0.15) is 12.3 Å². The molecular formula is C20H18N2O3. The monoisotopic (exact) mass is 334 g/mol. The van der Waals surface area contributed by atoms with Gasteiger partial charge in [0.15, 0.2) is 0 Å². The first-order valence-electron chi connectivity index (χ1n) is 7.92. The molecule has 1 aromatic carbocycles. The van der Waals surface area contributed by atoms with Crippen molar-refractivity contribution in [2.24, 2.45) is 0 Å². The summed E-state index contributed by atoms with van der Waals surface area (Å²) in [5.41, 5.74) is 3.75. The number of carbonyl (C=O) groups excluding carboxylic acids is 1. The largest absolute Gasteiger partial charge is 0.456 e. The molecule has 0 bridgehead atoms. The third-order valence-corrected chi connectivity index (χ3v) is 3.79. The first kappa shape index (κ1) is 16.6. The minimum atomic E-state index is -0.479. The molecule has 3 aromatic rings. The Balaban J connectivity index is 1.70. The van der Waals surface area contributed by atoms with Gasteiger partial charge in [-0.15, -0.1) is 0 Å². The summed E-state index contributed by atoms with van der Waals surface area (Å²) in [6.07, 6.45) is 4.72. The summed E-state index contributed by atoms with van der Waals surface area (Å²) in [7, 11) is 0. The SMILES string of the molecule is Cc1ccc(/C=C/C(=O)OCc2cc(=O)n3cccc(C)c3n2)cc1. The molecule has 0 aliphatic carbocycles. The van der Waals surface area contributed by atoms with Gasteiger partial charge in [-0.2, -0.15) is 0 Å². The van der Waals surface area contributed by atoms with Crippen LogP contribution in [0.15, 0.2) is 59.5 Å². The zero-order valence-corrected chi connectivity index (χ0v) is 14.1. The second kappa shape index (κ2) is 7.13. The third kappa shape index (κ3) is 4.01. The van der Waals surface area contributed by atoms with Crippen LogP contribution in [0.25, 0.3) is 11.7 Å². The summed E-state index contributed by atoms with van der Waals surface area (Å²) >= 11 is 0. The smallest absolute Gasteiger partial charge is 0.331 e. The van der Waals surface area contributed by atoms with Gasteiger partial charge >= 0.3 is 5.97 Å². The fraction of sp³-hybridized carbons (Fsp3) is 0.150. The summed E-state index contributed by atoms with van der Waals surface area (Å²) in [6.45, 7) is 3.83. The van der Waals surface area contributed by atoms with Crippen molar-refractivity contribution in [1.82, 2.24) is 9.38 Å². The minimum absolute atomic E-state index is 0.0445. The highest BCUT2D eigenvalue weighted by Gasteiger charge is 2.06. The van der Waals surface area contributed by atoms with E-state index in [9.17, 15) is 9.59 Å². The molecule has 0 unspecified atom stereocenters. The Morgan fingerprint density at radius 2 is 1.96 bits per heavy atom. The van der Waals surface area contributed by atoms with Crippen molar-refractivity contribution in [3.05, 3.63) is 87.5 Å². The second-order valence-electron chi connectivity index (χ2n) is 5.82.